The first-order valence-corrected chi connectivity index (χ1v) is 7.10. The molecular formula is C16H18N2O2. The Morgan fingerprint density at radius 3 is 2.90 bits per heavy atom. The number of piperidine rings is 1. The van der Waals surface area contributed by atoms with Gasteiger partial charge >= 0.3 is 0 Å². The van der Waals surface area contributed by atoms with Crippen LogP contribution in [0.2, 0.25) is 0 Å². The summed E-state index contributed by atoms with van der Waals surface area (Å²) < 4.78 is 0. The summed E-state index contributed by atoms with van der Waals surface area (Å²) in [6, 6.07) is 9.12. The van der Waals surface area contributed by atoms with E-state index in [-0.39, 0.29) is 17.5 Å². The van der Waals surface area contributed by atoms with E-state index in [9.17, 15) is 9.59 Å². The third kappa shape index (κ3) is 2.22. The Morgan fingerprint density at radius 1 is 1.30 bits per heavy atom. The minimum Gasteiger partial charge on any atom is -0.336 e. The van der Waals surface area contributed by atoms with Crippen LogP contribution < -0.4 is 5.56 Å². The highest BCUT2D eigenvalue weighted by atomic mass is 16.2. The van der Waals surface area contributed by atoms with Crippen LogP contribution in [0.15, 0.2) is 35.1 Å². The second kappa shape index (κ2) is 5.12. The fourth-order valence-corrected chi connectivity index (χ4v) is 2.94. The second-order valence-electron chi connectivity index (χ2n) is 5.44. The maximum atomic E-state index is 12.7. The molecule has 1 aromatic heterocycles. The van der Waals surface area contributed by atoms with E-state index < -0.39 is 0 Å². The fourth-order valence-electron chi connectivity index (χ4n) is 2.94. The molecule has 2 aromatic rings. The van der Waals surface area contributed by atoms with E-state index in [0.29, 0.717) is 11.1 Å². The van der Waals surface area contributed by atoms with Crippen LogP contribution in [0.3, 0.4) is 0 Å². The number of hydrogen-bond acceptors (Lipinski definition) is 2. The molecule has 0 spiro atoms. The van der Waals surface area contributed by atoms with Crippen molar-refractivity contribution in [3.05, 3.63) is 46.2 Å². The highest BCUT2D eigenvalue weighted by molar-refractivity contribution is 6.06. The van der Waals surface area contributed by atoms with Gasteiger partial charge in [-0.3, -0.25) is 9.59 Å². The summed E-state index contributed by atoms with van der Waals surface area (Å²) in [4.78, 5) is 29.2. The Bertz CT molecular complexity index is 705. The first-order valence-electron chi connectivity index (χ1n) is 7.10. The fraction of sp³-hybridized carbons (Fsp3) is 0.375. The SMILES string of the molecule is CC1CCCCN1C(=O)c1cc(=O)[nH]c2ccccc12. The minimum atomic E-state index is -0.225. The molecule has 3 rings (SSSR count). The molecule has 1 fully saturated rings. The molecule has 1 N–H and O–H groups in total. The summed E-state index contributed by atoms with van der Waals surface area (Å²) in [7, 11) is 0. The molecule has 1 unspecified atom stereocenters. The van der Waals surface area contributed by atoms with Crippen molar-refractivity contribution in [3.8, 4) is 0 Å². The lowest BCUT2D eigenvalue weighted by molar-refractivity contribution is 0.0637. The molecular weight excluding hydrogens is 252 g/mol. The van der Waals surface area contributed by atoms with Gasteiger partial charge in [0.25, 0.3) is 5.91 Å². The number of aromatic amines is 1. The molecule has 1 aliphatic rings. The van der Waals surface area contributed by atoms with E-state index in [0.717, 1.165) is 24.8 Å². The summed E-state index contributed by atoms with van der Waals surface area (Å²) in [6.07, 6.45) is 3.24. The van der Waals surface area contributed by atoms with Gasteiger partial charge in [-0.05, 0) is 32.3 Å². The third-order valence-electron chi connectivity index (χ3n) is 4.04. The smallest absolute Gasteiger partial charge is 0.254 e. The number of nitrogens with one attached hydrogen (secondary N) is 1. The summed E-state index contributed by atoms with van der Waals surface area (Å²) in [6.45, 7) is 2.85. The number of likely N-dealkylation sites (tertiary alicyclic amines) is 1. The standard InChI is InChI=1S/C16H18N2O2/c1-11-6-4-5-9-18(11)16(20)13-10-15(19)17-14-8-3-2-7-12(13)14/h2-3,7-8,10-11H,4-6,9H2,1H3,(H,17,19). The first kappa shape index (κ1) is 12.9. The summed E-state index contributed by atoms with van der Waals surface area (Å²) in [5.74, 6) is -0.0282. The summed E-state index contributed by atoms with van der Waals surface area (Å²) >= 11 is 0. The van der Waals surface area contributed by atoms with Gasteiger partial charge in [0, 0.05) is 29.6 Å². The molecule has 1 atom stereocenters. The Hall–Kier alpha value is -2.10. The number of rotatable bonds is 1. The largest absolute Gasteiger partial charge is 0.336 e. The number of aromatic nitrogens is 1. The van der Waals surface area contributed by atoms with Crippen LogP contribution in [0.5, 0.6) is 0 Å². The van der Waals surface area contributed by atoms with Crippen LogP contribution >= 0.6 is 0 Å². The third-order valence-corrected chi connectivity index (χ3v) is 4.04. The first-order chi connectivity index (χ1) is 9.66. The number of amides is 1. The number of carbonyl (C=O) groups is 1. The number of hydrogen-bond donors (Lipinski definition) is 1. The van der Waals surface area contributed by atoms with Crippen LogP contribution in [0.4, 0.5) is 0 Å². The predicted octanol–water partition coefficient (Wildman–Crippen LogP) is 2.54. The van der Waals surface area contributed by atoms with E-state index in [1.54, 1.807) is 0 Å². The van der Waals surface area contributed by atoms with Crippen molar-refractivity contribution in [1.29, 1.82) is 0 Å². The number of fused-ring (bicyclic) bond motifs is 1. The molecule has 2 heterocycles. The van der Waals surface area contributed by atoms with Gasteiger partial charge in [-0.1, -0.05) is 18.2 Å². The van der Waals surface area contributed by atoms with Crippen molar-refractivity contribution < 1.29 is 4.79 Å². The van der Waals surface area contributed by atoms with Gasteiger partial charge in [-0.15, -0.1) is 0 Å². The van der Waals surface area contributed by atoms with Gasteiger partial charge in [0.15, 0.2) is 0 Å². The van der Waals surface area contributed by atoms with Crippen LogP contribution in [-0.4, -0.2) is 28.4 Å². The van der Waals surface area contributed by atoms with E-state index in [1.165, 1.54) is 12.5 Å². The van der Waals surface area contributed by atoms with Gasteiger partial charge in [-0.25, -0.2) is 0 Å². The second-order valence-corrected chi connectivity index (χ2v) is 5.44. The quantitative estimate of drug-likeness (QED) is 0.865. The number of H-pyrrole nitrogens is 1. The van der Waals surface area contributed by atoms with Crippen molar-refractivity contribution in [2.45, 2.75) is 32.2 Å². The molecule has 1 saturated heterocycles. The maximum absolute atomic E-state index is 12.7. The maximum Gasteiger partial charge on any atom is 0.254 e. The molecule has 4 nitrogen and oxygen atoms in total. The zero-order valence-corrected chi connectivity index (χ0v) is 11.6. The molecule has 1 amide bonds. The lowest BCUT2D eigenvalue weighted by atomic mass is 10.0. The lowest BCUT2D eigenvalue weighted by Crippen LogP contribution is -2.42. The molecule has 0 bridgehead atoms. The molecule has 4 heteroatoms. The van der Waals surface area contributed by atoms with Crippen LogP contribution in [0, 0.1) is 0 Å². The number of pyridine rings is 1. The topological polar surface area (TPSA) is 53.2 Å². The Labute approximate surface area is 117 Å². The van der Waals surface area contributed by atoms with Crippen molar-refractivity contribution >= 4 is 16.8 Å². The van der Waals surface area contributed by atoms with Gasteiger partial charge in [0.2, 0.25) is 5.56 Å². The highest BCUT2D eigenvalue weighted by Crippen LogP contribution is 2.22. The van der Waals surface area contributed by atoms with Crippen molar-refractivity contribution in [1.82, 2.24) is 9.88 Å². The summed E-state index contributed by atoms with van der Waals surface area (Å²) in [5, 5.41) is 0.815. The Kier molecular flexibility index (Phi) is 3.30. The van der Waals surface area contributed by atoms with E-state index in [1.807, 2.05) is 29.2 Å². The van der Waals surface area contributed by atoms with Gasteiger partial charge < -0.3 is 9.88 Å². The van der Waals surface area contributed by atoms with Crippen molar-refractivity contribution in [2.75, 3.05) is 6.54 Å². The molecule has 1 aromatic carbocycles. The van der Waals surface area contributed by atoms with Gasteiger partial charge in [0.05, 0.1) is 5.56 Å². The Balaban J connectivity index is 2.09. The predicted molar refractivity (Wildman–Crippen MR) is 78.9 cm³/mol. The minimum absolute atomic E-state index is 0.0282. The normalized spacial score (nSPS) is 19.2. The van der Waals surface area contributed by atoms with Gasteiger partial charge in [0.1, 0.15) is 0 Å². The number of benzene rings is 1. The number of carbonyl (C=O) groups excluding carboxylic acids is 1. The molecule has 1 aliphatic heterocycles. The molecule has 20 heavy (non-hydrogen) atoms. The average Bonchev–Trinajstić information content (AvgIpc) is 2.46. The van der Waals surface area contributed by atoms with Crippen LogP contribution in [0.25, 0.3) is 10.9 Å². The highest BCUT2D eigenvalue weighted by Gasteiger charge is 2.25. The van der Waals surface area contributed by atoms with E-state index >= 15 is 0 Å². The van der Waals surface area contributed by atoms with Crippen molar-refractivity contribution in [3.63, 3.8) is 0 Å². The zero-order chi connectivity index (χ0) is 14.1. The zero-order valence-electron chi connectivity index (χ0n) is 11.6. The van der Waals surface area contributed by atoms with Crippen molar-refractivity contribution in [2.24, 2.45) is 0 Å². The Morgan fingerprint density at radius 2 is 2.10 bits per heavy atom. The molecule has 104 valence electrons. The molecule has 0 saturated carbocycles. The van der Waals surface area contributed by atoms with Crippen LogP contribution in [-0.2, 0) is 0 Å². The monoisotopic (exact) mass is 270 g/mol. The van der Waals surface area contributed by atoms with E-state index in [4.69, 9.17) is 0 Å². The molecule has 0 aliphatic carbocycles. The number of nitrogens with zero attached hydrogens (tertiary/aromatic N) is 1. The number of para-hydroxylation sites is 1. The average molecular weight is 270 g/mol. The lowest BCUT2D eigenvalue weighted by Gasteiger charge is -2.33. The molecule has 0 radical (unpaired) electrons. The van der Waals surface area contributed by atoms with E-state index in [2.05, 4.69) is 11.9 Å². The van der Waals surface area contributed by atoms with Gasteiger partial charge in [-0.2, -0.15) is 0 Å². The summed E-state index contributed by atoms with van der Waals surface area (Å²) in [5.41, 5.74) is 1.00. The van der Waals surface area contributed by atoms with Crippen LogP contribution in [0.1, 0.15) is 36.5 Å².